The van der Waals surface area contributed by atoms with Gasteiger partial charge in [-0.05, 0) is 24.3 Å². The molecular weight excluding hydrogens is 367 g/mol. The molecule has 0 bridgehead atoms. The van der Waals surface area contributed by atoms with Crippen LogP contribution in [0.5, 0.6) is 0 Å². The Morgan fingerprint density at radius 1 is 0.893 bits per heavy atom. The number of benzene rings is 2. The van der Waals surface area contributed by atoms with Crippen LogP contribution in [0.3, 0.4) is 0 Å². The Balaban J connectivity index is 1.64. The highest BCUT2D eigenvalue weighted by molar-refractivity contribution is 5.82. The molecule has 0 spiro atoms. The minimum Gasteiger partial charge on any atom is -0.368 e. The molecule has 0 amide bonds. The summed E-state index contributed by atoms with van der Waals surface area (Å²) in [6.07, 6.45) is -2.72. The van der Waals surface area contributed by atoms with Crippen LogP contribution in [0.2, 0.25) is 0 Å². The van der Waals surface area contributed by atoms with Gasteiger partial charge in [0.15, 0.2) is 0 Å². The zero-order chi connectivity index (χ0) is 19.7. The molecule has 0 saturated heterocycles. The molecule has 0 saturated carbocycles. The Labute approximate surface area is 158 Å². The minimum atomic E-state index is -4.39. The highest BCUT2D eigenvalue weighted by Gasteiger charge is 2.30. The lowest BCUT2D eigenvalue weighted by atomic mass is 10.1. The van der Waals surface area contributed by atoms with E-state index >= 15 is 0 Å². The summed E-state index contributed by atoms with van der Waals surface area (Å²) in [6.45, 7) is 0. The van der Waals surface area contributed by atoms with Crippen molar-refractivity contribution in [3.05, 3.63) is 72.4 Å². The summed E-state index contributed by atoms with van der Waals surface area (Å²) in [6, 6.07) is 15.9. The maximum Gasteiger partial charge on any atom is 0.416 e. The Kier molecular flexibility index (Phi) is 4.31. The number of nitrogens with one attached hydrogen (secondary N) is 1. The van der Waals surface area contributed by atoms with Gasteiger partial charge in [-0.1, -0.05) is 30.3 Å². The minimum absolute atomic E-state index is 0.00801. The van der Waals surface area contributed by atoms with E-state index in [0.717, 1.165) is 23.0 Å². The summed E-state index contributed by atoms with van der Waals surface area (Å²) in [7, 11) is 0. The highest BCUT2D eigenvalue weighted by atomic mass is 19.4. The van der Waals surface area contributed by atoms with Gasteiger partial charge in [-0.25, -0.2) is 4.98 Å². The summed E-state index contributed by atoms with van der Waals surface area (Å²) in [5.74, 6) is 0.424. The smallest absolute Gasteiger partial charge is 0.368 e. The van der Waals surface area contributed by atoms with E-state index in [4.69, 9.17) is 5.73 Å². The third kappa shape index (κ3) is 3.71. The zero-order valence-electron chi connectivity index (χ0n) is 14.4. The number of para-hydroxylation sites is 1. The molecule has 140 valence electrons. The molecule has 0 atom stereocenters. The summed E-state index contributed by atoms with van der Waals surface area (Å²) in [4.78, 5) is 12.6. The molecule has 0 fully saturated rings. The van der Waals surface area contributed by atoms with Crippen LogP contribution < -0.4 is 11.1 Å². The van der Waals surface area contributed by atoms with Crippen LogP contribution in [0.15, 0.2) is 66.9 Å². The molecule has 0 aliphatic carbocycles. The first-order valence-corrected chi connectivity index (χ1v) is 8.32. The van der Waals surface area contributed by atoms with E-state index < -0.39 is 11.7 Å². The lowest BCUT2D eigenvalue weighted by Gasteiger charge is -2.10. The predicted molar refractivity (Wildman–Crippen MR) is 102 cm³/mol. The molecule has 2 aromatic carbocycles. The fourth-order valence-electron chi connectivity index (χ4n) is 2.80. The molecule has 5 nitrogen and oxygen atoms in total. The van der Waals surface area contributed by atoms with Crippen molar-refractivity contribution < 1.29 is 13.2 Å². The molecule has 4 aromatic rings. The maximum absolute atomic E-state index is 12.7. The van der Waals surface area contributed by atoms with Gasteiger partial charge in [-0.15, -0.1) is 0 Å². The number of nitrogen functional groups attached to an aromatic ring is 1. The van der Waals surface area contributed by atoms with E-state index in [1.165, 1.54) is 12.1 Å². The van der Waals surface area contributed by atoms with Crippen LogP contribution in [0.1, 0.15) is 5.56 Å². The van der Waals surface area contributed by atoms with Crippen molar-refractivity contribution in [2.75, 3.05) is 11.1 Å². The summed E-state index contributed by atoms with van der Waals surface area (Å²) < 4.78 is 38.2. The second-order valence-corrected chi connectivity index (χ2v) is 6.11. The molecule has 0 aliphatic heterocycles. The number of halogens is 3. The van der Waals surface area contributed by atoms with Gasteiger partial charge in [-0.2, -0.15) is 18.2 Å². The monoisotopic (exact) mass is 381 g/mol. The average molecular weight is 381 g/mol. The van der Waals surface area contributed by atoms with E-state index in [0.29, 0.717) is 22.8 Å². The predicted octanol–water partition coefficient (Wildman–Crippen LogP) is 5.04. The number of rotatable bonds is 3. The van der Waals surface area contributed by atoms with Gasteiger partial charge in [0.05, 0.1) is 28.7 Å². The Hall–Kier alpha value is -3.68. The fraction of sp³-hybridized carbons (Fsp3) is 0.0500. The summed E-state index contributed by atoms with van der Waals surface area (Å²) in [5.41, 5.74) is 7.54. The lowest BCUT2D eigenvalue weighted by Crippen LogP contribution is -2.04. The summed E-state index contributed by atoms with van der Waals surface area (Å²) >= 11 is 0. The molecule has 4 rings (SSSR count). The summed E-state index contributed by atoms with van der Waals surface area (Å²) in [5, 5.41) is 4.07. The van der Waals surface area contributed by atoms with E-state index in [2.05, 4.69) is 20.3 Å². The topological polar surface area (TPSA) is 76.7 Å². The molecule has 0 unspecified atom stereocenters. The van der Waals surface area contributed by atoms with E-state index in [1.807, 2.05) is 30.3 Å². The Morgan fingerprint density at radius 2 is 1.64 bits per heavy atom. The first-order valence-electron chi connectivity index (χ1n) is 8.32. The molecule has 2 heterocycles. The molecule has 3 N–H and O–H groups in total. The second-order valence-electron chi connectivity index (χ2n) is 6.11. The number of hydrogen-bond acceptors (Lipinski definition) is 5. The van der Waals surface area contributed by atoms with Gasteiger partial charge in [0.1, 0.15) is 5.82 Å². The van der Waals surface area contributed by atoms with E-state index in [-0.39, 0.29) is 5.95 Å². The van der Waals surface area contributed by atoms with E-state index in [9.17, 15) is 13.2 Å². The largest absolute Gasteiger partial charge is 0.416 e. The van der Waals surface area contributed by atoms with E-state index in [1.54, 1.807) is 12.3 Å². The standard InChI is InChI=1S/C20H14F3N5/c21-20(22,23)14-7-5-12(6-8-14)17-10-18(28-19(24)27-17)26-15-9-13-3-1-2-4-16(13)25-11-15/h1-11H,(H3,24,26,27,28). The van der Waals surface area contributed by atoms with Crippen LogP contribution in [-0.4, -0.2) is 15.0 Å². The van der Waals surface area contributed by atoms with Crippen LogP contribution in [0.4, 0.5) is 30.6 Å². The number of fused-ring (bicyclic) bond motifs is 1. The van der Waals surface area contributed by atoms with Crippen molar-refractivity contribution in [2.45, 2.75) is 6.18 Å². The van der Waals surface area contributed by atoms with Crippen LogP contribution in [0.25, 0.3) is 22.2 Å². The number of aromatic nitrogens is 3. The first-order chi connectivity index (χ1) is 13.4. The number of alkyl halides is 3. The van der Waals surface area contributed by atoms with Crippen molar-refractivity contribution >= 4 is 28.4 Å². The lowest BCUT2D eigenvalue weighted by molar-refractivity contribution is -0.137. The van der Waals surface area contributed by atoms with Crippen molar-refractivity contribution in [1.82, 2.24) is 15.0 Å². The van der Waals surface area contributed by atoms with Gasteiger partial charge < -0.3 is 11.1 Å². The van der Waals surface area contributed by atoms with Gasteiger partial charge in [0.2, 0.25) is 5.95 Å². The molecule has 0 radical (unpaired) electrons. The average Bonchev–Trinajstić information content (AvgIpc) is 2.67. The molecule has 8 heteroatoms. The Morgan fingerprint density at radius 3 is 2.39 bits per heavy atom. The quantitative estimate of drug-likeness (QED) is 0.520. The van der Waals surface area contributed by atoms with Crippen molar-refractivity contribution in [1.29, 1.82) is 0 Å². The van der Waals surface area contributed by atoms with Crippen LogP contribution in [-0.2, 0) is 6.18 Å². The molecule has 0 aliphatic rings. The first kappa shape index (κ1) is 17.7. The van der Waals surface area contributed by atoms with Gasteiger partial charge in [0.25, 0.3) is 0 Å². The van der Waals surface area contributed by atoms with Crippen LogP contribution in [0, 0.1) is 0 Å². The Bertz CT molecular complexity index is 1140. The number of pyridine rings is 1. The maximum atomic E-state index is 12.7. The van der Waals surface area contributed by atoms with Gasteiger partial charge in [0, 0.05) is 17.0 Å². The molecular formula is C20H14F3N5. The fourth-order valence-corrected chi connectivity index (χ4v) is 2.80. The SMILES string of the molecule is Nc1nc(Nc2cnc3ccccc3c2)cc(-c2ccc(C(F)(F)F)cc2)n1. The van der Waals surface area contributed by atoms with Crippen molar-refractivity contribution in [3.8, 4) is 11.3 Å². The molecule has 28 heavy (non-hydrogen) atoms. The van der Waals surface area contributed by atoms with Gasteiger partial charge >= 0.3 is 6.18 Å². The third-order valence-corrected chi connectivity index (χ3v) is 4.11. The highest BCUT2D eigenvalue weighted by Crippen LogP contribution is 2.31. The number of hydrogen-bond donors (Lipinski definition) is 2. The van der Waals surface area contributed by atoms with Crippen molar-refractivity contribution in [2.24, 2.45) is 0 Å². The van der Waals surface area contributed by atoms with Gasteiger partial charge in [-0.3, -0.25) is 4.98 Å². The van der Waals surface area contributed by atoms with Crippen molar-refractivity contribution in [3.63, 3.8) is 0 Å². The number of anilines is 3. The number of nitrogens with two attached hydrogens (primary N) is 1. The third-order valence-electron chi connectivity index (χ3n) is 4.11. The van der Waals surface area contributed by atoms with Crippen LogP contribution >= 0.6 is 0 Å². The normalized spacial score (nSPS) is 11.5. The molecule has 2 aromatic heterocycles. The number of nitrogens with zero attached hydrogens (tertiary/aromatic N) is 3. The zero-order valence-corrected chi connectivity index (χ0v) is 14.4. The second kappa shape index (κ2) is 6.80.